The van der Waals surface area contributed by atoms with E-state index in [1.807, 2.05) is 19.1 Å². The Kier molecular flexibility index (Phi) is 5.42. The Morgan fingerprint density at radius 1 is 1.17 bits per heavy atom. The van der Waals surface area contributed by atoms with E-state index in [0.717, 1.165) is 17.6 Å². The summed E-state index contributed by atoms with van der Waals surface area (Å²) in [7, 11) is -4.53. The Balaban J connectivity index is 2.09. The van der Waals surface area contributed by atoms with Crippen molar-refractivity contribution in [2.75, 3.05) is 0 Å². The second-order valence-electron chi connectivity index (χ2n) is 5.62. The Bertz CT molecular complexity index is 700. The van der Waals surface area contributed by atoms with Crippen LogP contribution in [-0.4, -0.2) is 25.7 Å². The number of phenolic OH excluding ortho intramolecular Hbond substituents is 1. The zero-order valence-electron chi connectivity index (χ0n) is 12.8. The summed E-state index contributed by atoms with van der Waals surface area (Å²) in [5.74, 6) is 0.465. The summed E-state index contributed by atoms with van der Waals surface area (Å²) < 4.78 is 14.5. The molecule has 0 heterocycles. The first-order chi connectivity index (χ1) is 10.7. The highest BCUT2D eigenvalue weighted by Gasteiger charge is 2.20. The maximum Gasteiger partial charge on any atom is 0.448 e. The van der Waals surface area contributed by atoms with Crippen LogP contribution in [0.4, 0.5) is 0 Å². The third kappa shape index (κ3) is 5.36. The van der Waals surface area contributed by atoms with Crippen molar-refractivity contribution in [2.24, 2.45) is 4.76 Å². The molecule has 1 aromatic rings. The van der Waals surface area contributed by atoms with Crippen LogP contribution in [0.15, 0.2) is 52.5 Å². The molecule has 0 spiro atoms. The molecule has 0 bridgehead atoms. The SMILES string of the molecule is CC(CCC1=CC=C(O)CC1=NP(=O)(O)O)c1ccc(O)cc1. The molecule has 124 valence electrons. The second kappa shape index (κ2) is 7.13. The molecular weight excluding hydrogens is 317 g/mol. The summed E-state index contributed by atoms with van der Waals surface area (Å²) in [4.78, 5) is 18.1. The number of aromatic hydroxyl groups is 1. The monoisotopic (exact) mass is 337 g/mol. The Labute approximate surface area is 134 Å². The van der Waals surface area contributed by atoms with Crippen LogP contribution < -0.4 is 0 Å². The fourth-order valence-electron chi connectivity index (χ4n) is 2.46. The molecule has 0 saturated heterocycles. The number of rotatable bonds is 5. The smallest absolute Gasteiger partial charge is 0.448 e. The third-order valence-corrected chi connectivity index (χ3v) is 4.26. The zero-order valence-corrected chi connectivity index (χ0v) is 13.6. The van der Waals surface area contributed by atoms with Crippen LogP contribution in [0.5, 0.6) is 5.75 Å². The maximum absolute atomic E-state index is 11.1. The van der Waals surface area contributed by atoms with Gasteiger partial charge in [-0.3, -0.25) is 0 Å². The van der Waals surface area contributed by atoms with Crippen LogP contribution >= 0.6 is 7.75 Å². The molecule has 1 aliphatic carbocycles. The van der Waals surface area contributed by atoms with Gasteiger partial charge >= 0.3 is 7.75 Å². The number of allylic oxidation sites excluding steroid dienone is 4. The lowest BCUT2D eigenvalue weighted by Crippen LogP contribution is -2.10. The van der Waals surface area contributed by atoms with E-state index in [0.29, 0.717) is 6.42 Å². The van der Waals surface area contributed by atoms with Gasteiger partial charge in [-0.15, -0.1) is 0 Å². The lowest BCUT2D eigenvalue weighted by molar-refractivity contribution is 0.374. The Hall–Kier alpha value is -1.88. The van der Waals surface area contributed by atoms with Gasteiger partial charge in [-0.05, 0) is 48.1 Å². The summed E-state index contributed by atoms with van der Waals surface area (Å²) in [6.45, 7) is 2.04. The van der Waals surface area contributed by atoms with Gasteiger partial charge in [0.05, 0.1) is 11.5 Å². The molecular formula is C16H20NO5P. The van der Waals surface area contributed by atoms with E-state index in [1.165, 1.54) is 6.08 Å². The van der Waals surface area contributed by atoms with Crippen LogP contribution in [-0.2, 0) is 4.57 Å². The molecule has 0 radical (unpaired) electrons. The first-order valence-corrected chi connectivity index (χ1v) is 8.84. The Morgan fingerprint density at radius 3 is 2.43 bits per heavy atom. The van der Waals surface area contributed by atoms with Crippen LogP contribution in [0.2, 0.25) is 0 Å². The summed E-state index contributed by atoms with van der Waals surface area (Å²) in [6, 6.07) is 6.97. The largest absolute Gasteiger partial charge is 0.512 e. The van der Waals surface area contributed by atoms with Crippen molar-refractivity contribution < 1.29 is 24.6 Å². The van der Waals surface area contributed by atoms with Gasteiger partial charge in [-0.25, -0.2) is 4.57 Å². The maximum atomic E-state index is 11.1. The predicted molar refractivity (Wildman–Crippen MR) is 88.6 cm³/mol. The first-order valence-electron chi connectivity index (χ1n) is 7.27. The van der Waals surface area contributed by atoms with E-state index in [4.69, 9.17) is 9.79 Å². The quantitative estimate of drug-likeness (QED) is 0.614. The molecule has 1 aromatic carbocycles. The minimum atomic E-state index is -4.53. The second-order valence-corrected chi connectivity index (χ2v) is 6.84. The van der Waals surface area contributed by atoms with Crippen LogP contribution in [0.3, 0.4) is 0 Å². The molecule has 1 atom stereocenters. The van der Waals surface area contributed by atoms with Crippen molar-refractivity contribution in [1.29, 1.82) is 0 Å². The predicted octanol–water partition coefficient (Wildman–Crippen LogP) is 3.58. The third-order valence-electron chi connectivity index (χ3n) is 3.76. The number of nitrogens with zero attached hydrogens (tertiary/aromatic N) is 1. The average Bonchev–Trinajstić information content (AvgIpc) is 2.45. The molecule has 1 unspecified atom stereocenters. The minimum Gasteiger partial charge on any atom is -0.512 e. The fraction of sp³-hybridized carbons (Fsp3) is 0.312. The number of aliphatic hydroxyl groups excluding tert-OH is 1. The van der Waals surface area contributed by atoms with Gasteiger partial charge in [0, 0.05) is 6.42 Å². The summed E-state index contributed by atoms with van der Waals surface area (Å²) in [6.07, 6.45) is 4.55. The van der Waals surface area contributed by atoms with Gasteiger partial charge in [0.15, 0.2) is 0 Å². The number of aliphatic hydroxyl groups is 1. The lowest BCUT2D eigenvalue weighted by Gasteiger charge is -2.17. The van der Waals surface area contributed by atoms with E-state index in [-0.39, 0.29) is 29.6 Å². The molecule has 0 amide bonds. The van der Waals surface area contributed by atoms with E-state index in [2.05, 4.69) is 4.76 Å². The minimum absolute atomic E-state index is 0.0323. The average molecular weight is 337 g/mol. The van der Waals surface area contributed by atoms with Crippen molar-refractivity contribution in [3.8, 4) is 5.75 Å². The van der Waals surface area contributed by atoms with Gasteiger partial charge in [-0.1, -0.05) is 25.1 Å². The van der Waals surface area contributed by atoms with E-state index in [1.54, 1.807) is 18.2 Å². The summed E-state index contributed by atoms with van der Waals surface area (Å²) in [5.41, 5.74) is 2.03. The molecule has 7 heteroatoms. The molecule has 0 fully saturated rings. The van der Waals surface area contributed by atoms with Gasteiger partial charge in [-0.2, -0.15) is 4.76 Å². The first kappa shape index (κ1) is 17.5. The van der Waals surface area contributed by atoms with Crippen molar-refractivity contribution >= 4 is 13.5 Å². The van der Waals surface area contributed by atoms with Crippen LogP contribution in [0.1, 0.15) is 37.7 Å². The summed E-state index contributed by atoms with van der Waals surface area (Å²) >= 11 is 0. The van der Waals surface area contributed by atoms with Gasteiger partial charge in [0.25, 0.3) is 0 Å². The normalized spacial score (nSPS) is 18.5. The summed E-state index contributed by atoms with van der Waals surface area (Å²) in [5, 5.41) is 18.8. The van der Waals surface area contributed by atoms with Crippen molar-refractivity contribution in [1.82, 2.24) is 0 Å². The van der Waals surface area contributed by atoms with Crippen LogP contribution in [0.25, 0.3) is 0 Å². The van der Waals surface area contributed by atoms with E-state index < -0.39 is 7.75 Å². The van der Waals surface area contributed by atoms with Crippen LogP contribution in [0, 0.1) is 0 Å². The van der Waals surface area contributed by atoms with Gasteiger partial charge < -0.3 is 20.0 Å². The highest BCUT2D eigenvalue weighted by atomic mass is 31.2. The number of hydrogen-bond donors (Lipinski definition) is 4. The number of phenols is 1. The van der Waals surface area contributed by atoms with Gasteiger partial charge in [0.2, 0.25) is 0 Å². The number of benzene rings is 1. The molecule has 23 heavy (non-hydrogen) atoms. The van der Waals surface area contributed by atoms with E-state index in [9.17, 15) is 14.8 Å². The van der Waals surface area contributed by atoms with Gasteiger partial charge in [0.1, 0.15) is 5.75 Å². The molecule has 4 N–H and O–H groups in total. The van der Waals surface area contributed by atoms with Crippen molar-refractivity contribution in [2.45, 2.75) is 32.1 Å². The standard InChI is InChI=1S/C16H20NO5P/c1-11(12-4-7-14(18)8-5-12)2-3-13-6-9-15(19)10-16(13)17-23(20,21)22/h4-9,11,18-19H,2-3,10H2,1H3,(H2,20,21,22). The number of hydrogen-bond acceptors (Lipinski definition) is 3. The molecule has 0 saturated carbocycles. The Morgan fingerprint density at radius 2 is 1.83 bits per heavy atom. The molecule has 6 nitrogen and oxygen atoms in total. The fourth-order valence-corrected chi connectivity index (χ4v) is 2.98. The lowest BCUT2D eigenvalue weighted by atomic mass is 9.90. The van der Waals surface area contributed by atoms with Crippen molar-refractivity contribution in [3.63, 3.8) is 0 Å². The molecule has 1 aliphatic rings. The highest BCUT2D eigenvalue weighted by molar-refractivity contribution is 7.50. The molecule has 0 aliphatic heterocycles. The molecule has 0 aromatic heterocycles. The zero-order chi connectivity index (χ0) is 17.0. The topological polar surface area (TPSA) is 110 Å². The van der Waals surface area contributed by atoms with Crippen molar-refractivity contribution in [3.05, 3.63) is 53.3 Å². The van der Waals surface area contributed by atoms with E-state index >= 15 is 0 Å². The highest BCUT2D eigenvalue weighted by Crippen LogP contribution is 2.39. The molecule has 2 rings (SSSR count).